The van der Waals surface area contributed by atoms with Crippen molar-refractivity contribution in [3.63, 3.8) is 0 Å². The van der Waals surface area contributed by atoms with Crippen molar-refractivity contribution in [2.24, 2.45) is 47.3 Å². The van der Waals surface area contributed by atoms with E-state index in [2.05, 4.69) is 55.4 Å². The molecule has 0 aromatic carbocycles. The van der Waals surface area contributed by atoms with E-state index in [1.54, 1.807) is 0 Å². The van der Waals surface area contributed by atoms with Crippen LogP contribution in [-0.2, 0) is 17.0 Å². The van der Waals surface area contributed by atoms with Crippen molar-refractivity contribution in [1.29, 1.82) is 0 Å². The molecule has 2 aliphatic rings. The Kier molecular flexibility index (Phi) is 15.6. The van der Waals surface area contributed by atoms with Crippen LogP contribution in [-0.4, -0.2) is 25.2 Å². The molecule has 2 aliphatic carbocycles. The molecule has 2 fully saturated rings. The van der Waals surface area contributed by atoms with E-state index >= 15 is 0 Å². The van der Waals surface area contributed by atoms with Crippen molar-refractivity contribution in [3.8, 4) is 0 Å². The van der Waals surface area contributed by atoms with Gasteiger partial charge >= 0.3 is 35.6 Å². The fourth-order valence-electron chi connectivity index (χ4n) is 6.36. The second-order valence-corrected chi connectivity index (χ2v) is 13.9. The number of hydrogen-bond acceptors (Lipinski definition) is 0. The molecular formula is C26H50Cl2N2Ti-2. The van der Waals surface area contributed by atoms with E-state index in [4.69, 9.17) is 29.2 Å². The third-order valence-corrected chi connectivity index (χ3v) is 8.11. The molecule has 2 saturated carbocycles. The predicted molar refractivity (Wildman–Crippen MR) is 137 cm³/mol. The second-order valence-electron chi connectivity index (χ2n) is 11.4. The molecule has 0 N–H and O–H groups in total. The minimum atomic E-state index is -0.556. The molecule has 184 valence electrons. The summed E-state index contributed by atoms with van der Waals surface area (Å²) >= 11 is -0.556. The van der Waals surface area contributed by atoms with Crippen LogP contribution < -0.4 is 0 Å². The van der Waals surface area contributed by atoms with Gasteiger partial charge in [-0.1, -0.05) is 118 Å². The Hall–Kier alpha value is 1.21. The Labute approximate surface area is 211 Å². The van der Waals surface area contributed by atoms with E-state index < -0.39 is 17.0 Å². The normalized spacial score (nSPS) is 31.8. The quantitative estimate of drug-likeness (QED) is 0.219. The molecule has 5 heteroatoms. The van der Waals surface area contributed by atoms with Gasteiger partial charge in [0.05, 0.1) is 0 Å². The van der Waals surface area contributed by atoms with Crippen LogP contribution in [0.5, 0.6) is 0 Å². The Morgan fingerprint density at radius 2 is 0.806 bits per heavy atom. The Morgan fingerprint density at radius 1 is 0.581 bits per heavy atom. The first kappa shape index (κ1) is 30.2. The molecule has 0 saturated heterocycles. The summed E-state index contributed by atoms with van der Waals surface area (Å²) in [7, 11) is 9.78. The standard InChI is InChI=1S/C26H50N2.2ClH.Ti/c1-17(2)21-11-9-12-22(18(3)4)25(21)27-15-16-28-26-23(19(5)6)13-10-14-24(26)20(7)8;;;/h17-26H,9-16H2,1-8H3;2*1H;/q-2;;;+2/p-2. The van der Waals surface area contributed by atoms with E-state index in [1.807, 2.05) is 0 Å². The van der Waals surface area contributed by atoms with Gasteiger partial charge in [0.15, 0.2) is 0 Å². The Morgan fingerprint density at radius 3 is 1.00 bits per heavy atom. The monoisotopic (exact) mass is 508 g/mol. The van der Waals surface area contributed by atoms with Gasteiger partial charge in [-0.05, 0) is 23.7 Å². The molecule has 2 nitrogen and oxygen atoms in total. The van der Waals surface area contributed by atoms with Gasteiger partial charge in [-0.25, -0.2) is 0 Å². The zero-order valence-corrected chi connectivity index (χ0v) is 24.7. The number of halogens is 2. The van der Waals surface area contributed by atoms with Crippen molar-refractivity contribution in [1.82, 2.24) is 0 Å². The average Bonchev–Trinajstić information content (AvgIpc) is 2.71. The molecule has 0 amide bonds. The van der Waals surface area contributed by atoms with Crippen LogP contribution in [0.15, 0.2) is 0 Å². The van der Waals surface area contributed by atoms with Crippen LogP contribution in [0.4, 0.5) is 0 Å². The maximum absolute atomic E-state index is 5.32. The molecule has 0 spiro atoms. The fourth-order valence-corrected chi connectivity index (χ4v) is 6.36. The van der Waals surface area contributed by atoms with Gasteiger partial charge in [-0.15, -0.1) is 12.1 Å². The molecule has 2 rings (SSSR count). The molecule has 4 atom stereocenters. The molecular weight excluding hydrogens is 459 g/mol. The third kappa shape index (κ3) is 9.77. The van der Waals surface area contributed by atoms with Crippen molar-refractivity contribution >= 4 is 18.6 Å². The average molecular weight is 509 g/mol. The number of nitrogens with zero attached hydrogens (tertiary/aromatic N) is 2. The van der Waals surface area contributed by atoms with Crippen molar-refractivity contribution in [3.05, 3.63) is 10.6 Å². The topological polar surface area (TPSA) is 28.2 Å². The van der Waals surface area contributed by atoms with Gasteiger partial charge in [0.1, 0.15) is 0 Å². The van der Waals surface area contributed by atoms with Gasteiger partial charge in [0, 0.05) is 0 Å². The summed E-state index contributed by atoms with van der Waals surface area (Å²) in [5, 5.41) is 10.6. The summed E-state index contributed by atoms with van der Waals surface area (Å²) in [5.41, 5.74) is 0. The van der Waals surface area contributed by atoms with Crippen LogP contribution in [0.2, 0.25) is 0 Å². The van der Waals surface area contributed by atoms with Gasteiger partial charge < -0.3 is 10.6 Å². The minimum absolute atomic E-state index is 0.556. The summed E-state index contributed by atoms with van der Waals surface area (Å²) in [6.45, 7) is 21.1. The SMILES string of the molecule is CC(C)C1CCCC(C(C)C)C1[N-]CC[N-]C1C(C(C)C)CCCC1C(C)C.[Cl][Ti][Cl]. The van der Waals surface area contributed by atoms with E-state index in [9.17, 15) is 0 Å². The van der Waals surface area contributed by atoms with Crippen LogP contribution in [0.3, 0.4) is 0 Å². The van der Waals surface area contributed by atoms with Crippen molar-refractivity contribution in [2.45, 2.75) is 106 Å². The van der Waals surface area contributed by atoms with E-state index in [0.29, 0.717) is 12.1 Å². The van der Waals surface area contributed by atoms with Crippen LogP contribution >= 0.6 is 18.6 Å². The summed E-state index contributed by atoms with van der Waals surface area (Å²) in [4.78, 5) is 0. The van der Waals surface area contributed by atoms with E-state index in [0.717, 1.165) is 60.4 Å². The fraction of sp³-hybridized carbons (Fsp3) is 1.00. The Bertz CT molecular complexity index is 387. The summed E-state index contributed by atoms with van der Waals surface area (Å²) in [6.07, 6.45) is 8.30. The van der Waals surface area contributed by atoms with Gasteiger partial charge in [-0.3, -0.25) is 0 Å². The van der Waals surface area contributed by atoms with Crippen LogP contribution in [0, 0.1) is 47.3 Å². The number of hydrogen-bond donors (Lipinski definition) is 0. The zero-order valence-electron chi connectivity index (χ0n) is 21.6. The molecule has 0 aliphatic heterocycles. The van der Waals surface area contributed by atoms with Gasteiger partial charge in [0.2, 0.25) is 0 Å². The molecule has 0 aromatic rings. The van der Waals surface area contributed by atoms with Crippen molar-refractivity contribution in [2.75, 3.05) is 13.1 Å². The Balaban J connectivity index is 0.00000151. The molecule has 4 unspecified atom stereocenters. The third-order valence-electron chi connectivity index (χ3n) is 8.11. The van der Waals surface area contributed by atoms with Gasteiger partial charge in [0.25, 0.3) is 0 Å². The molecule has 0 heterocycles. The first-order valence-electron chi connectivity index (χ1n) is 12.9. The predicted octanol–water partition coefficient (Wildman–Crippen LogP) is 9.30. The zero-order chi connectivity index (χ0) is 23.6. The summed E-state index contributed by atoms with van der Waals surface area (Å²) in [5.74, 6) is 6.13. The van der Waals surface area contributed by atoms with Crippen molar-refractivity contribution < 1.29 is 17.0 Å². The van der Waals surface area contributed by atoms with Crippen LogP contribution in [0.25, 0.3) is 10.6 Å². The number of rotatable bonds is 9. The molecule has 0 radical (unpaired) electrons. The maximum atomic E-state index is 5.32. The summed E-state index contributed by atoms with van der Waals surface area (Å²) in [6, 6.07) is 1.13. The van der Waals surface area contributed by atoms with E-state index in [-0.39, 0.29) is 0 Å². The first-order chi connectivity index (χ1) is 14.6. The first-order valence-corrected chi connectivity index (χ1v) is 17.2. The molecule has 0 aromatic heterocycles. The second kappa shape index (κ2) is 16.0. The van der Waals surface area contributed by atoms with Gasteiger partial charge in [-0.2, -0.15) is 13.1 Å². The summed E-state index contributed by atoms with van der Waals surface area (Å²) < 4.78 is 0. The van der Waals surface area contributed by atoms with Crippen LogP contribution in [0.1, 0.15) is 93.9 Å². The molecule has 0 bridgehead atoms. The van der Waals surface area contributed by atoms with E-state index in [1.165, 1.54) is 38.5 Å². The molecule has 31 heavy (non-hydrogen) atoms.